The van der Waals surface area contributed by atoms with E-state index in [0.29, 0.717) is 27.8 Å². The van der Waals surface area contributed by atoms with E-state index in [1.165, 1.54) is 11.3 Å². The number of rotatable bonds is 4. The highest BCUT2D eigenvalue weighted by Gasteiger charge is 2.33. The minimum absolute atomic E-state index is 0.101. The van der Waals surface area contributed by atoms with E-state index < -0.39 is 0 Å². The number of amides is 2. The first-order valence-corrected chi connectivity index (χ1v) is 10.6. The summed E-state index contributed by atoms with van der Waals surface area (Å²) in [5.41, 5.74) is 3.98. The van der Waals surface area contributed by atoms with Crippen LogP contribution in [0, 0.1) is 13.8 Å². The molecule has 148 valence electrons. The van der Waals surface area contributed by atoms with Gasteiger partial charge < -0.3 is 5.32 Å². The molecule has 5 nitrogen and oxygen atoms in total. The predicted octanol–water partition coefficient (Wildman–Crippen LogP) is 5.33. The van der Waals surface area contributed by atoms with Gasteiger partial charge >= 0.3 is 0 Å². The molecular weight excluding hydrogens is 406 g/mol. The van der Waals surface area contributed by atoms with Crippen molar-refractivity contribution in [1.82, 2.24) is 4.98 Å². The first kappa shape index (κ1) is 19.6. The topological polar surface area (TPSA) is 71.1 Å². The van der Waals surface area contributed by atoms with Crippen molar-refractivity contribution in [3.8, 4) is 0 Å². The number of anilines is 2. The first-order valence-electron chi connectivity index (χ1n) is 9.36. The summed E-state index contributed by atoms with van der Waals surface area (Å²) < 4.78 is 0. The molecule has 2 aromatic carbocycles. The van der Waals surface area contributed by atoms with E-state index in [1.807, 2.05) is 38.1 Å². The third-order valence-corrected chi connectivity index (χ3v) is 6.55. The van der Waals surface area contributed by atoms with Crippen molar-refractivity contribution in [3.05, 3.63) is 74.7 Å². The Morgan fingerprint density at radius 3 is 2.62 bits per heavy atom. The number of hydrogen-bond donors (Lipinski definition) is 2. The number of aryl methyl sites for hydroxylation is 2. The third-order valence-electron chi connectivity index (χ3n) is 5.09. The number of carbonyl (C=O) groups is 2. The Kier molecular flexibility index (Phi) is 5.39. The highest BCUT2D eigenvalue weighted by Crippen LogP contribution is 2.39. The predicted molar refractivity (Wildman–Crippen MR) is 117 cm³/mol. The van der Waals surface area contributed by atoms with Crippen molar-refractivity contribution < 1.29 is 9.59 Å². The van der Waals surface area contributed by atoms with Crippen molar-refractivity contribution in [3.63, 3.8) is 0 Å². The van der Waals surface area contributed by atoms with Gasteiger partial charge in [0.1, 0.15) is 0 Å². The molecular formula is C22H20ClN3O2S. The summed E-state index contributed by atoms with van der Waals surface area (Å²) in [5.74, 6) is -0.631. The minimum Gasteiger partial charge on any atom is -0.325 e. The Morgan fingerprint density at radius 2 is 1.86 bits per heavy atom. The highest BCUT2D eigenvalue weighted by molar-refractivity contribution is 7.16. The van der Waals surface area contributed by atoms with Gasteiger partial charge in [0, 0.05) is 21.2 Å². The fraction of sp³-hybridized carbons (Fsp3) is 0.227. The monoisotopic (exact) mass is 425 g/mol. The minimum atomic E-state index is -0.329. The summed E-state index contributed by atoms with van der Waals surface area (Å²) in [7, 11) is 0. The molecule has 1 aliphatic carbocycles. The molecule has 0 radical (unpaired) electrons. The van der Waals surface area contributed by atoms with Crippen LogP contribution in [0.1, 0.15) is 44.4 Å². The third kappa shape index (κ3) is 4.04. The SMILES string of the molecule is Cc1ccc(C(=O)Nc2nc3c(s2)CCC3C(=O)Nc2cccc(Cl)c2C)cc1. The van der Waals surface area contributed by atoms with Crippen LogP contribution in [0.3, 0.4) is 0 Å². The van der Waals surface area contributed by atoms with E-state index in [0.717, 1.165) is 28.1 Å². The number of thiazole rings is 1. The second-order valence-electron chi connectivity index (χ2n) is 7.14. The van der Waals surface area contributed by atoms with Crippen LogP contribution < -0.4 is 10.6 Å². The summed E-state index contributed by atoms with van der Waals surface area (Å²) in [4.78, 5) is 30.9. The molecule has 0 saturated heterocycles. The number of nitrogens with zero attached hydrogens (tertiary/aromatic N) is 1. The van der Waals surface area contributed by atoms with Crippen LogP contribution in [0.15, 0.2) is 42.5 Å². The first-order chi connectivity index (χ1) is 13.9. The molecule has 1 aromatic heterocycles. The Balaban J connectivity index is 1.48. The average Bonchev–Trinajstić information content (AvgIpc) is 3.26. The molecule has 0 saturated carbocycles. The van der Waals surface area contributed by atoms with Gasteiger partial charge in [-0.25, -0.2) is 4.98 Å². The molecule has 2 N–H and O–H groups in total. The zero-order chi connectivity index (χ0) is 20.5. The van der Waals surface area contributed by atoms with Crippen LogP contribution in [0.2, 0.25) is 5.02 Å². The normalized spacial score (nSPS) is 15.1. The van der Waals surface area contributed by atoms with Crippen LogP contribution in [-0.2, 0) is 11.2 Å². The maximum Gasteiger partial charge on any atom is 0.257 e. The summed E-state index contributed by atoms with van der Waals surface area (Å²) >= 11 is 7.58. The molecule has 1 aliphatic rings. The Morgan fingerprint density at radius 1 is 1.10 bits per heavy atom. The van der Waals surface area contributed by atoms with E-state index in [4.69, 9.17) is 11.6 Å². The summed E-state index contributed by atoms with van der Waals surface area (Å²) in [6.45, 7) is 3.85. The average molecular weight is 426 g/mol. The van der Waals surface area contributed by atoms with E-state index in [9.17, 15) is 9.59 Å². The molecule has 7 heteroatoms. The molecule has 4 rings (SSSR count). The highest BCUT2D eigenvalue weighted by atomic mass is 35.5. The lowest BCUT2D eigenvalue weighted by atomic mass is 10.1. The lowest BCUT2D eigenvalue weighted by Gasteiger charge is -2.13. The fourth-order valence-corrected chi connectivity index (χ4v) is 4.58. The van der Waals surface area contributed by atoms with Crippen LogP contribution >= 0.6 is 22.9 Å². The van der Waals surface area contributed by atoms with Crippen molar-refractivity contribution in [2.24, 2.45) is 0 Å². The number of benzene rings is 2. The number of carbonyl (C=O) groups excluding carboxylic acids is 2. The smallest absolute Gasteiger partial charge is 0.257 e. The van der Waals surface area contributed by atoms with Gasteiger partial charge in [0.15, 0.2) is 5.13 Å². The van der Waals surface area contributed by atoms with E-state index >= 15 is 0 Å². The number of fused-ring (bicyclic) bond motifs is 1. The van der Waals surface area contributed by atoms with E-state index in [-0.39, 0.29) is 17.7 Å². The van der Waals surface area contributed by atoms with Gasteiger partial charge in [-0.15, -0.1) is 11.3 Å². The zero-order valence-corrected chi connectivity index (χ0v) is 17.7. The van der Waals surface area contributed by atoms with Crippen LogP contribution in [0.5, 0.6) is 0 Å². The number of halogens is 1. The van der Waals surface area contributed by atoms with E-state index in [2.05, 4.69) is 15.6 Å². The molecule has 0 bridgehead atoms. The number of nitrogens with one attached hydrogen (secondary N) is 2. The van der Waals surface area contributed by atoms with Gasteiger partial charge in [-0.2, -0.15) is 0 Å². The molecule has 29 heavy (non-hydrogen) atoms. The molecule has 1 unspecified atom stereocenters. The quantitative estimate of drug-likeness (QED) is 0.593. The standard InChI is InChI=1S/C22H20ClN3O2S/c1-12-6-8-14(9-7-12)20(27)26-22-25-19-15(10-11-18(19)29-22)21(28)24-17-5-3-4-16(23)13(17)2/h3-9,15H,10-11H2,1-2H3,(H,24,28)(H,25,26,27). The fourth-order valence-electron chi connectivity index (χ4n) is 3.37. The van der Waals surface area contributed by atoms with Crippen LogP contribution in [-0.4, -0.2) is 16.8 Å². The molecule has 1 atom stereocenters. The molecule has 2 amide bonds. The lowest BCUT2D eigenvalue weighted by Crippen LogP contribution is -2.20. The molecule has 0 spiro atoms. The second kappa shape index (κ2) is 7.97. The Labute approximate surface area is 178 Å². The lowest BCUT2D eigenvalue weighted by molar-refractivity contribution is -0.117. The van der Waals surface area contributed by atoms with Crippen LogP contribution in [0.4, 0.5) is 10.8 Å². The van der Waals surface area contributed by atoms with Crippen molar-refractivity contribution in [1.29, 1.82) is 0 Å². The molecule has 0 aliphatic heterocycles. The maximum atomic E-state index is 12.8. The summed E-state index contributed by atoms with van der Waals surface area (Å²) in [6, 6.07) is 12.8. The summed E-state index contributed by atoms with van der Waals surface area (Å²) in [5, 5.41) is 6.96. The van der Waals surface area contributed by atoms with Gasteiger partial charge in [-0.3, -0.25) is 14.9 Å². The van der Waals surface area contributed by atoms with Crippen molar-refractivity contribution in [2.45, 2.75) is 32.6 Å². The largest absolute Gasteiger partial charge is 0.325 e. The second-order valence-corrected chi connectivity index (χ2v) is 8.63. The molecule has 3 aromatic rings. The maximum absolute atomic E-state index is 12.8. The van der Waals surface area contributed by atoms with Gasteiger partial charge in [-0.1, -0.05) is 35.4 Å². The van der Waals surface area contributed by atoms with Gasteiger partial charge in [0.25, 0.3) is 5.91 Å². The Bertz CT molecular complexity index is 1090. The van der Waals surface area contributed by atoms with E-state index in [1.54, 1.807) is 18.2 Å². The number of aromatic nitrogens is 1. The van der Waals surface area contributed by atoms with Crippen LogP contribution in [0.25, 0.3) is 0 Å². The molecule has 1 heterocycles. The van der Waals surface area contributed by atoms with Gasteiger partial charge in [-0.05, 0) is 56.5 Å². The van der Waals surface area contributed by atoms with Gasteiger partial charge in [0.2, 0.25) is 5.91 Å². The van der Waals surface area contributed by atoms with Crippen molar-refractivity contribution in [2.75, 3.05) is 10.6 Å². The van der Waals surface area contributed by atoms with Gasteiger partial charge in [0.05, 0.1) is 11.6 Å². The zero-order valence-electron chi connectivity index (χ0n) is 16.1. The molecule has 0 fully saturated rings. The number of hydrogen-bond acceptors (Lipinski definition) is 4. The van der Waals surface area contributed by atoms with Crippen molar-refractivity contribution >= 4 is 45.6 Å². The summed E-state index contributed by atoms with van der Waals surface area (Å²) in [6.07, 6.45) is 1.49. The Hall–Kier alpha value is -2.70.